The lowest BCUT2D eigenvalue weighted by molar-refractivity contribution is 0.230. The number of rotatable bonds is 3. The van der Waals surface area contributed by atoms with Crippen molar-refractivity contribution < 1.29 is 17.7 Å². The fourth-order valence-corrected chi connectivity index (χ4v) is 3.10. The van der Waals surface area contributed by atoms with Gasteiger partial charge in [-0.15, -0.1) is 0 Å². The van der Waals surface area contributed by atoms with Gasteiger partial charge in [0.15, 0.2) is 21.4 Å². The maximum atomic E-state index is 11.1. The van der Waals surface area contributed by atoms with E-state index in [2.05, 4.69) is 5.16 Å². The van der Waals surface area contributed by atoms with Gasteiger partial charge in [0.1, 0.15) is 11.9 Å². The minimum Gasteiger partial charge on any atom is -0.488 e. The summed E-state index contributed by atoms with van der Waals surface area (Å²) in [7, 11) is -2.88. The van der Waals surface area contributed by atoms with Crippen molar-refractivity contribution in [2.75, 3.05) is 17.2 Å². The Morgan fingerprint density at radius 2 is 2.11 bits per heavy atom. The summed E-state index contributed by atoms with van der Waals surface area (Å²) >= 11 is 0. The lowest BCUT2D eigenvalue weighted by Crippen LogP contribution is -2.45. The van der Waals surface area contributed by atoms with Crippen LogP contribution in [0.1, 0.15) is 0 Å². The third-order valence-corrected chi connectivity index (χ3v) is 4.59. The molecule has 3 rings (SSSR count). The highest BCUT2D eigenvalue weighted by Gasteiger charge is 2.35. The zero-order chi connectivity index (χ0) is 13.5. The standard InChI is InChI=1S/C12H12N2O4S/c13-12-5-11(18-14-12)8-2-1-3-9(4-8)17-10-6-19(15,16)7-10/h1-5,10H,6-7H2,(H2,13,14). The molecule has 0 atom stereocenters. The largest absolute Gasteiger partial charge is 0.488 e. The molecule has 19 heavy (non-hydrogen) atoms. The predicted molar refractivity (Wildman–Crippen MR) is 69.4 cm³/mol. The second kappa shape index (κ2) is 4.27. The Bertz CT molecular complexity index is 696. The number of benzene rings is 1. The van der Waals surface area contributed by atoms with Gasteiger partial charge in [0.05, 0.1) is 11.5 Å². The van der Waals surface area contributed by atoms with Gasteiger partial charge in [-0.25, -0.2) is 8.42 Å². The molecule has 1 aromatic carbocycles. The molecule has 0 radical (unpaired) electrons. The van der Waals surface area contributed by atoms with Crippen molar-refractivity contribution in [1.82, 2.24) is 5.16 Å². The van der Waals surface area contributed by atoms with Gasteiger partial charge in [-0.2, -0.15) is 0 Å². The smallest absolute Gasteiger partial charge is 0.169 e. The van der Waals surface area contributed by atoms with Gasteiger partial charge in [0.25, 0.3) is 0 Å². The number of hydrogen-bond donors (Lipinski definition) is 1. The molecular formula is C12H12N2O4S. The molecule has 0 spiro atoms. The first-order chi connectivity index (χ1) is 9.02. The Balaban J connectivity index is 1.77. The molecule has 0 saturated carbocycles. The van der Waals surface area contributed by atoms with E-state index in [-0.39, 0.29) is 17.6 Å². The van der Waals surface area contributed by atoms with Gasteiger partial charge in [0, 0.05) is 11.6 Å². The van der Waals surface area contributed by atoms with Gasteiger partial charge in [-0.3, -0.25) is 0 Å². The zero-order valence-corrected chi connectivity index (χ0v) is 10.8. The quantitative estimate of drug-likeness (QED) is 0.904. The number of sulfone groups is 1. The van der Waals surface area contributed by atoms with Crippen molar-refractivity contribution >= 4 is 15.7 Å². The third-order valence-electron chi connectivity index (χ3n) is 2.83. The van der Waals surface area contributed by atoms with Crippen LogP contribution in [0.15, 0.2) is 34.9 Å². The third kappa shape index (κ3) is 2.55. The number of nitrogens with zero attached hydrogens (tertiary/aromatic N) is 1. The highest BCUT2D eigenvalue weighted by Crippen LogP contribution is 2.27. The fraction of sp³-hybridized carbons (Fsp3) is 0.250. The first-order valence-electron chi connectivity index (χ1n) is 5.71. The van der Waals surface area contributed by atoms with Crippen molar-refractivity contribution in [2.24, 2.45) is 0 Å². The molecule has 0 aliphatic carbocycles. The van der Waals surface area contributed by atoms with Crippen LogP contribution in [0.3, 0.4) is 0 Å². The maximum Gasteiger partial charge on any atom is 0.169 e. The van der Waals surface area contributed by atoms with Crippen LogP contribution >= 0.6 is 0 Å². The van der Waals surface area contributed by atoms with Gasteiger partial charge in [0.2, 0.25) is 0 Å². The van der Waals surface area contributed by atoms with Gasteiger partial charge in [-0.05, 0) is 12.1 Å². The van der Waals surface area contributed by atoms with E-state index in [0.29, 0.717) is 17.3 Å². The van der Waals surface area contributed by atoms with Crippen molar-refractivity contribution in [3.8, 4) is 17.1 Å². The summed E-state index contributed by atoms with van der Waals surface area (Å²) in [5.41, 5.74) is 6.27. The predicted octanol–water partition coefficient (Wildman–Crippen LogP) is 1.10. The highest BCUT2D eigenvalue weighted by molar-refractivity contribution is 7.92. The molecule has 1 aromatic heterocycles. The van der Waals surface area contributed by atoms with E-state index in [1.807, 2.05) is 6.07 Å². The molecule has 100 valence electrons. The average Bonchev–Trinajstić information content (AvgIpc) is 2.74. The van der Waals surface area contributed by atoms with Crippen LogP contribution < -0.4 is 10.5 Å². The molecule has 2 N–H and O–H groups in total. The lowest BCUT2D eigenvalue weighted by Gasteiger charge is -2.26. The second-order valence-corrected chi connectivity index (χ2v) is 6.61. The van der Waals surface area contributed by atoms with Crippen LogP contribution in [-0.2, 0) is 9.84 Å². The molecule has 6 nitrogen and oxygen atoms in total. The Labute approximate surface area is 110 Å². The van der Waals surface area contributed by atoms with Gasteiger partial charge in [-0.1, -0.05) is 17.3 Å². The van der Waals surface area contributed by atoms with Crippen molar-refractivity contribution in [1.29, 1.82) is 0 Å². The minimum absolute atomic E-state index is 0.0759. The normalized spacial score (nSPS) is 17.9. The van der Waals surface area contributed by atoms with Gasteiger partial charge < -0.3 is 15.0 Å². The molecule has 0 amide bonds. The maximum absolute atomic E-state index is 11.1. The average molecular weight is 280 g/mol. The van der Waals surface area contributed by atoms with Crippen LogP contribution in [0, 0.1) is 0 Å². The van der Waals surface area contributed by atoms with E-state index in [1.54, 1.807) is 24.3 Å². The summed E-state index contributed by atoms with van der Waals surface area (Å²) in [6, 6.07) is 8.80. The molecule has 2 aromatic rings. The summed E-state index contributed by atoms with van der Waals surface area (Å²) < 4.78 is 32.8. The summed E-state index contributed by atoms with van der Waals surface area (Å²) in [5.74, 6) is 1.61. The zero-order valence-electron chi connectivity index (χ0n) is 9.94. The second-order valence-electron chi connectivity index (χ2n) is 4.46. The summed E-state index contributed by atoms with van der Waals surface area (Å²) in [6.45, 7) is 0. The monoisotopic (exact) mass is 280 g/mol. The summed E-state index contributed by atoms with van der Waals surface area (Å²) in [6.07, 6.45) is -0.264. The molecule has 0 bridgehead atoms. The van der Waals surface area contributed by atoms with Crippen LogP contribution in [0.5, 0.6) is 5.75 Å². The fourth-order valence-electron chi connectivity index (χ4n) is 1.93. The first kappa shape index (κ1) is 12.0. The number of aromatic nitrogens is 1. The van der Waals surface area contributed by atoms with Gasteiger partial charge >= 0.3 is 0 Å². The molecular weight excluding hydrogens is 268 g/mol. The highest BCUT2D eigenvalue weighted by atomic mass is 32.2. The number of anilines is 1. The van der Waals surface area contributed by atoms with Crippen molar-refractivity contribution in [3.05, 3.63) is 30.3 Å². The molecule has 1 saturated heterocycles. The molecule has 0 unspecified atom stereocenters. The number of nitrogen functional groups attached to an aromatic ring is 1. The van der Waals surface area contributed by atoms with Crippen LogP contribution in [0.2, 0.25) is 0 Å². The Kier molecular flexibility index (Phi) is 2.70. The summed E-state index contributed by atoms with van der Waals surface area (Å²) in [4.78, 5) is 0. The van der Waals surface area contributed by atoms with Crippen LogP contribution in [0.4, 0.5) is 5.82 Å². The molecule has 1 aliphatic rings. The van der Waals surface area contributed by atoms with E-state index in [9.17, 15) is 8.42 Å². The number of ether oxygens (including phenoxy) is 1. The SMILES string of the molecule is Nc1cc(-c2cccc(OC3CS(=O)(=O)C3)c2)on1. The van der Waals surface area contributed by atoms with E-state index in [1.165, 1.54) is 0 Å². The molecule has 7 heteroatoms. The Hall–Kier alpha value is -2.02. The van der Waals surface area contributed by atoms with Crippen molar-refractivity contribution in [2.45, 2.75) is 6.10 Å². The van der Waals surface area contributed by atoms with E-state index < -0.39 is 9.84 Å². The number of nitrogens with two attached hydrogens (primary N) is 1. The van der Waals surface area contributed by atoms with E-state index >= 15 is 0 Å². The van der Waals surface area contributed by atoms with E-state index in [0.717, 1.165) is 5.56 Å². The minimum atomic E-state index is -2.88. The summed E-state index contributed by atoms with van der Waals surface area (Å²) in [5, 5.41) is 3.61. The first-order valence-corrected chi connectivity index (χ1v) is 7.54. The molecule has 1 fully saturated rings. The number of hydrogen-bond acceptors (Lipinski definition) is 6. The lowest BCUT2D eigenvalue weighted by atomic mass is 10.1. The van der Waals surface area contributed by atoms with Crippen LogP contribution in [-0.4, -0.2) is 31.2 Å². The van der Waals surface area contributed by atoms with Crippen molar-refractivity contribution in [3.63, 3.8) is 0 Å². The Morgan fingerprint density at radius 1 is 1.32 bits per heavy atom. The Morgan fingerprint density at radius 3 is 2.74 bits per heavy atom. The van der Waals surface area contributed by atoms with Crippen LogP contribution in [0.25, 0.3) is 11.3 Å². The molecule has 2 heterocycles. The van der Waals surface area contributed by atoms with E-state index in [4.69, 9.17) is 15.0 Å². The molecule has 1 aliphatic heterocycles. The topological polar surface area (TPSA) is 95.4 Å².